The Bertz CT molecular complexity index is 589. The summed E-state index contributed by atoms with van der Waals surface area (Å²) in [5.41, 5.74) is 4.69. The Labute approximate surface area is 121 Å². The SMILES string of the molecule is Cc1ccc(CC(C#N)c2ccc(N(C)C)cc2)cc1. The molecule has 0 aromatic heterocycles. The molecule has 0 fully saturated rings. The molecule has 0 heterocycles. The van der Waals surface area contributed by atoms with E-state index in [0.717, 1.165) is 17.7 Å². The molecule has 0 saturated heterocycles. The summed E-state index contributed by atoms with van der Waals surface area (Å²) in [6, 6.07) is 19.1. The second-order valence-corrected chi connectivity index (χ2v) is 5.36. The molecule has 2 nitrogen and oxygen atoms in total. The van der Waals surface area contributed by atoms with Crippen molar-refractivity contribution in [2.75, 3.05) is 19.0 Å². The van der Waals surface area contributed by atoms with Gasteiger partial charge < -0.3 is 4.90 Å². The maximum Gasteiger partial charge on any atom is 0.0753 e. The van der Waals surface area contributed by atoms with Gasteiger partial charge in [0.25, 0.3) is 0 Å². The fourth-order valence-electron chi connectivity index (χ4n) is 2.20. The van der Waals surface area contributed by atoms with Gasteiger partial charge in [0, 0.05) is 19.8 Å². The normalized spacial score (nSPS) is 11.7. The fraction of sp³-hybridized carbons (Fsp3) is 0.278. The first-order chi connectivity index (χ1) is 9.60. The fourth-order valence-corrected chi connectivity index (χ4v) is 2.20. The highest BCUT2D eigenvalue weighted by molar-refractivity contribution is 5.47. The molecule has 1 atom stereocenters. The molecule has 20 heavy (non-hydrogen) atoms. The monoisotopic (exact) mass is 264 g/mol. The van der Waals surface area contributed by atoms with Gasteiger partial charge in [0.2, 0.25) is 0 Å². The summed E-state index contributed by atoms with van der Waals surface area (Å²) in [7, 11) is 4.03. The number of rotatable bonds is 4. The van der Waals surface area contributed by atoms with Gasteiger partial charge in [-0.1, -0.05) is 42.0 Å². The zero-order chi connectivity index (χ0) is 14.5. The van der Waals surface area contributed by atoms with Crippen LogP contribution in [0.25, 0.3) is 0 Å². The summed E-state index contributed by atoms with van der Waals surface area (Å²) in [5.74, 6) is -0.0890. The van der Waals surface area contributed by atoms with Gasteiger partial charge >= 0.3 is 0 Å². The lowest BCUT2D eigenvalue weighted by Crippen LogP contribution is -2.08. The van der Waals surface area contributed by atoms with Crippen LogP contribution in [-0.2, 0) is 6.42 Å². The summed E-state index contributed by atoms with van der Waals surface area (Å²) in [4.78, 5) is 2.06. The van der Waals surface area contributed by atoms with Gasteiger partial charge in [-0.25, -0.2) is 0 Å². The molecule has 0 spiro atoms. The molecule has 0 amide bonds. The number of nitrogens with zero attached hydrogens (tertiary/aromatic N) is 2. The van der Waals surface area contributed by atoms with Crippen LogP contribution in [0, 0.1) is 18.3 Å². The van der Waals surface area contributed by atoms with Crippen LogP contribution in [0.5, 0.6) is 0 Å². The minimum Gasteiger partial charge on any atom is -0.378 e. The van der Waals surface area contributed by atoms with Crippen LogP contribution in [0.2, 0.25) is 0 Å². The number of anilines is 1. The molecule has 1 unspecified atom stereocenters. The van der Waals surface area contributed by atoms with E-state index >= 15 is 0 Å². The summed E-state index contributed by atoms with van der Waals surface area (Å²) in [6.45, 7) is 2.07. The maximum absolute atomic E-state index is 9.41. The first-order valence-corrected chi connectivity index (χ1v) is 6.82. The maximum atomic E-state index is 9.41. The highest BCUT2D eigenvalue weighted by atomic mass is 15.1. The Hall–Kier alpha value is -2.27. The zero-order valence-electron chi connectivity index (χ0n) is 12.3. The third-order valence-corrected chi connectivity index (χ3v) is 3.53. The molecular formula is C18H20N2. The van der Waals surface area contributed by atoms with Crippen molar-refractivity contribution >= 4 is 5.69 Å². The Morgan fingerprint density at radius 2 is 1.60 bits per heavy atom. The van der Waals surface area contributed by atoms with E-state index in [1.54, 1.807) is 0 Å². The van der Waals surface area contributed by atoms with Gasteiger partial charge in [0.1, 0.15) is 0 Å². The van der Waals surface area contributed by atoms with Crippen molar-refractivity contribution < 1.29 is 0 Å². The van der Waals surface area contributed by atoms with Crippen molar-refractivity contribution in [3.63, 3.8) is 0 Å². The minimum absolute atomic E-state index is 0.0890. The molecule has 0 aliphatic carbocycles. The van der Waals surface area contributed by atoms with Crippen molar-refractivity contribution in [2.24, 2.45) is 0 Å². The first kappa shape index (κ1) is 14.1. The highest BCUT2D eigenvalue weighted by Crippen LogP contribution is 2.23. The molecular weight excluding hydrogens is 244 g/mol. The lowest BCUT2D eigenvalue weighted by Gasteiger charge is -2.14. The van der Waals surface area contributed by atoms with Gasteiger partial charge in [0.15, 0.2) is 0 Å². The molecule has 2 aromatic carbocycles. The van der Waals surface area contributed by atoms with E-state index in [4.69, 9.17) is 0 Å². The number of hydrogen-bond acceptors (Lipinski definition) is 2. The van der Waals surface area contributed by atoms with E-state index in [2.05, 4.69) is 66.4 Å². The lowest BCUT2D eigenvalue weighted by molar-refractivity contribution is 0.848. The molecule has 0 N–H and O–H groups in total. The zero-order valence-corrected chi connectivity index (χ0v) is 12.3. The topological polar surface area (TPSA) is 27.0 Å². The van der Waals surface area contributed by atoms with Gasteiger partial charge in [-0.15, -0.1) is 0 Å². The number of nitriles is 1. The molecule has 2 aromatic rings. The molecule has 0 aliphatic heterocycles. The van der Waals surface area contributed by atoms with Crippen LogP contribution >= 0.6 is 0 Å². The van der Waals surface area contributed by atoms with E-state index in [1.807, 2.05) is 14.1 Å². The molecule has 2 heteroatoms. The van der Waals surface area contributed by atoms with Crippen LogP contribution in [0.15, 0.2) is 48.5 Å². The average Bonchev–Trinajstić information content (AvgIpc) is 2.47. The van der Waals surface area contributed by atoms with Crippen molar-refractivity contribution in [2.45, 2.75) is 19.3 Å². The number of hydrogen-bond donors (Lipinski definition) is 0. The van der Waals surface area contributed by atoms with Crippen molar-refractivity contribution in [3.8, 4) is 6.07 Å². The van der Waals surface area contributed by atoms with E-state index in [0.29, 0.717) is 0 Å². The Morgan fingerprint density at radius 1 is 1.00 bits per heavy atom. The van der Waals surface area contributed by atoms with E-state index in [-0.39, 0.29) is 5.92 Å². The number of benzene rings is 2. The number of aryl methyl sites for hydroxylation is 1. The quantitative estimate of drug-likeness (QED) is 0.837. The predicted octanol–water partition coefficient (Wildman–Crippen LogP) is 3.91. The minimum atomic E-state index is -0.0890. The van der Waals surface area contributed by atoms with Crippen molar-refractivity contribution in [1.82, 2.24) is 0 Å². The standard InChI is InChI=1S/C18H20N2/c1-14-4-6-15(7-5-14)12-17(13-19)16-8-10-18(11-9-16)20(2)3/h4-11,17H,12H2,1-3H3. The molecule has 0 bridgehead atoms. The van der Waals surface area contributed by atoms with Gasteiger partial charge in [-0.3, -0.25) is 0 Å². The molecule has 0 aliphatic rings. The molecule has 102 valence electrons. The van der Waals surface area contributed by atoms with Crippen LogP contribution in [0.4, 0.5) is 5.69 Å². The van der Waals surface area contributed by atoms with Gasteiger partial charge in [-0.2, -0.15) is 5.26 Å². The van der Waals surface area contributed by atoms with E-state index < -0.39 is 0 Å². The second kappa shape index (κ2) is 6.25. The second-order valence-electron chi connectivity index (χ2n) is 5.36. The van der Waals surface area contributed by atoms with Crippen molar-refractivity contribution in [3.05, 3.63) is 65.2 Å². The largest absolute Gasteiger partial charge is 0.378 e. The van der Waals surface area contributed by atoms with Gasteiger partial charge in [0.05, 0.1) is 12.0 Å². The lowest BCUT2D eigenvalue weighted by atomic mass is 9.93. The van der Waals surface area contributed by atoms with Crippen LogP contribution in [-0.4, -0.2) is 14.1 Å². The average molecular weight is 264 g/mol. The summed E-state index contributed by atoms with van der Waals surface area (Å²) in [6.07, 6.45) is 0.762. The Kier molecular flexibility index (Phi) is 4.42. The van der Waals surface area contributed by atoms with Crippen LogP contribution < -0.4 is 4.90 Å². The van der Waals surface area contributed by atoms with Crippen molar-refractivity contribution in [1.29, 1.82) is 5.26 Å². The van der Waals surface area contributed by atoms with E-state index in [1.165, 1.54) is 11.1 Å². The highest BCUT2D eigenvalue weighted by Gasteiger charge is 2.11. The first-order valence-electron chi connectivity index (χ1n) is 6.82. The van der Waals surface area contributed by atoms with Crippen LogP contribution in [0.1, 0.15) is 22.6 Å². The molecule has 2 rings (SSSR count). The summed E-state index contributed by atoms with van der Waals surface area (Å²) in [5, 5.41) is 9.41. The van der Waals surface area contributed by atoms with Gasteiger partial charge in [-0.05, 0) is 36.6 Å². The summed E-state index contributed by atoms with van der Waals surface area (Å²) >= 11 is 0. The third kappa shape index (κ3) is 3.39. The Balaban J connectivity index is 2.16. The molecule has 0 radical (unpaired) electrons. The smallest absolute Gasteiger partial charge is 0.0753 e. The predicted molar refractivity (Wildman–Crippen MR) is 84.0 cm³/mol. The molecule has 0 saturated carbocycles. The summed E-state index contributed by atoms with van der Waals surface area (Å²) < 4.78 is 0. The van der Waals surface area contributed by atoms with Crippen LogP contribution in [0.3, 0.4) is 0 Å². The Morgan fingerprint density at radius 3 is 2.10 bits per heavy atom. The van der Waals surface area contributed by atoms with E-state index in [9.17, 15) is 5.26 Å². The third-order valence-electron chi connectivity index (χ3n) is 3.53.